The number of hydrogen-bond acceptors (Lipinski definition) is 5. The number of rotatable bonds is 6. The summed E-state index contributed by atoms with van der Waals surface area (Å²) in [4.78, 5) is 11.0. The molecule has 0 atom stereocenters. The highest BCUT2D eigenvalue weighted by molar-refractivity contribution is 5.86. The van der Waals surface area contributed by atoms with Gasteiger partial charge in [0.2, 0.25) is 0 Å². The lowest BCUT2D eigenvalue weighted by atomic mass is 10.2. The molecule has 0 amide bonds. The first-order chi connectivity index (χ1) is 9.13. The zero-order valence-electron chi connectivity index (χ0n) is 11.9. The summed E-state index contributed by atoms with van der Waals surface area (Å²) < 4.78 is 1.77. The van der Waals surface area contributed by atoms with E-state index >= 15 is 0 Å². The molecule has 0 saturated carbocycles. The summed E-state index contributed by atoms with van der Waals surface area (Å²) in [6.07, 6.45) is 4.40. The monoisotopic (exact) mass is 262 g/mol. The summed E-state index contributed by atoms with van der Waals surface area (Å²) in [6, 6.07) is 0. The molecule has 2 aromatic rings. The molecule has 0 saturated heterocycles. The average molecular weight is 262 g/mol. The standard InChI is InChI=1S/C13H22N6/c1-10(2)8-19(6-4-5-14)13-11-7-17-18(3)12(11)15-9-16-13/h7,9-10H,4-6,8,14H2,1-3H3. The minimum Gasteiger partial charge on any atom is -0.356 e. The van der Waals surface area contributed by atoms with E-state index in [2.05, 4.69) is 33.8 Å². The van der Waals surface area contributed by atoms with Gasteiger partial charge in [-0.05, 0) is 18.9 Å². The second kappa shape index (κ2) is 5.97. The normalized spacial score (nSPS) is 11.4. The maximum absolute atomic E-state index is 5.63. The van der Waals surface area contributed by atoms with E-state index < -0.39 is 0 Å². The van der Waals surface area contributed by atoms with Crippen LogP contribution in [0.25, 0.3) is 11.0 Å². The average Bonchev–Trinajstić information content (AvgIpc) is 2.76. The molecule has 2 heterocycles. The van der Waals surface area contributed by atoms with Crippen LogP contribution >= 0.6 is 0 Å². The van der Waals surface area contributed by atoms with Gasteiger partial charge in [0.15, 0.2) is 5.65 Å². The molecule has 19 heavy (non-hydrogen) atoms. The third kappa shape index (κ3) is 3.01. The predicted octanol–water partition coefficient (Wildman–Crippen LogP) is 1.17. The Morgan fingerprint density at radius 2 is 2.16 bits per heavy atom. The Morgan fingerprint density at radius 3 is 2.84 bits per heavy atom. The fourth-order valence-electron chi connectivity index (χ4n) is 2.21. The number of aromatic nitrogens is 4. The van der Waals surface area contributed by atoms with Crippen LogP contribution in [0.3, 0.4) is 0 Å². The van der Waals surface area contributed by atoms with E-state index in [1.807, 2.05) is 13.2 Å². The fourth-order valence-corrected chi connectivity index (χ4v) is 2.21. The lowest BCUT2D eigenvalue weighted by Crippen LogP contribution is -2.30. The van der Waals surface area contributed by atoms with Gasteiger partial charge in [0.05, 0.1) is 11.6 Å². The second-order valence-electron chi connectivity index (χ2n) is 5.18. The molecule has 2 rings (SSSR count). The van der Waals surface area contributed by atoms with Crippen molar-refractivity contribution in [3.8, 4) is 0 Å². The largest absolute Gasteiger partial charge is 0.356 e. The fraction of sp³-hybridized carbons (Fsp3) is 0.615. The molecule has 0 aliphatic rings. The van der Waals surface area contributed by atoms with E-state index in [0.29, 0.717) is 12.5 Å². The third-order valence-electron chi connectivity index (χ3n) is 3.03. The SMILES string of the molecule is CC(C)CN(CCCN)c1ncnc2c1cnn2C. The minimum absolute atomic E-state index is 0.569. The van der Waals surface area contributed by atoms with E-state index in [9.17, 15) is 0 Å². The van der Waals surface area contributed by atoms with Crippen molar-refractivity contribution in [3.63, 3.8) is 0 Å². The van der Waals surface area contributed by atoms with Crippen molar-refractivity contribution in [2.45, 2.75) is 20.3 Å². The van der Waals surface area contributed by atoms with Crippen molar-refractivity contribution in [3.05, 3.63) is 12.5 Å². The molecule has 0 aliphatic heterocycles. The van der Waals surface area contributed by atoms with Gasteiger partial charge in [0.1, 0.15) is 12.1 Å². The summed E-state index contributed by atoms with van der Waals surface area (Å²) in [7, 11) is 1.89. The molecule has 0 spiro atoms. The molecule has 2 aromatic heterocycles. The summed E-state index contributed by atoms with van der Waals surface area (Å²) in [6.45, 7) is 6.97. The van der Waals surface area contributed by atoms with Crippen LogP contribution in [0.15, 0.2) is 12.5 Å². The van der Waals surface area contributed by atoms with Gasteiger partial charge >= 0.3 is 0 Å². The lowest BCUT2D eigenvalue weighted by molar-refractivity contribution is 0.597. The van der Waals surface area contributed by atoms with Crippen LogP contribution in [0.2, 0.25) is 0 Å². The lowest BCUT2D eigenvalue weighted by Gasteiger charge is -2.25. The van der Waals surface area contributed by atoms with Crippen molar-refractivity contribution in [1.29, 1.82) is 0 Å². The molecule has 6 heteroatoms. The zero-order chi connectivity index (χ0) is 13.8. The Balaban J connectivity index is 2.37. The Labute approximate surface area is 113 Å². The van der Waals surface area contributed by atoms with E-state index in [4.69, 9.17) is 5.73 Å². The Hall–Kier alpha value is -1.69. The molecule has 0 fully saturated rings. The molecule has 0 aliphatic carbocycles. The van der Waals surface area contributed by atoms with Gasteiger partial charge in [-0.15, -0.1) is 0 Å². The number of nitrogens with zero attached hydrogens (tertiary/aromatic N) is 5. The third-order valence-corrected chi connectivity index (χ3v) is 3.03. The van der Waals surface area contributed by atoms with Crippen LogP contribution in [-0.4, -0.2) is 39.4 Å². The van der Waals surface area contributed by atoms with Crippen molar-refractivity contribution >= 4 is 16.9 Å². The first kappa shape index (κ1) is 13.7. The number of anilines is 1. The van der Waals surface area contributed by atoms with E-state index in [-0.39, 0.29) is 0 Å². The van der Waals surface area contributed by atoms with Gasteiger partial charge in [-0.3, -0.25) is 4.68 Å². The molecule has 0 bridgehead atoms. The van der Waals surface area contributed by atoms with Crippen LogP contribution in [0.5, 0.6) is 0 Å². The minimum atomic E-state index is 0.569. The van der Waals surface area contributed by atoms with Gasteiger partial charge in [-0.1, -0.05) is 13.8 Å². The Kier molecular flexibility index (Phi) is 4.31. The van der Waals surface area contributed by atoms with Crippen LogP contribution in [0.1, 0.15) is 20.3 Å². The van der Waals surface area contributed by atoms with E-state index in [1.165, 1.54) is 0 Å². The Bertz CT molecular complexity index is 533. The maximum atomic E-state index is 5.63. The number of nitrogens with two attached hydrogens (primary N) is 1. The van der Waals surface area contributed by atoms with Gasteiger partial charge < -0.3 is 10.6 Å². The number of aryl methyl sites for hydroxylation is 1. The first-order valence-corrected chi connectivity index (χ1v) is 6.71. The molecular weight excluding hydrogens is 240 g/mol. The highest BCUT2D eigenvalue weighted by Gasteiger charge is 2.15. The van der Waals surface area contributed by atoms with E-state index in [0.717, 1.165) is 36.4 Å². The molecule has 0 radical (unpaired) electrons. The van der Waals surface area contributed by atoms with E-state index in [1.54, 1.807) is 11.0 Å². The number of fused-ring (bicyclic) bond motifs is 1. The highest BCUT2D eigenvalue weighted by atomic mass is 15.3. The van der Waals surface area contributed by atoms with Gasteiger partial charge in [-0.25, -0.2) is 9.97 Å². The van der Waals surface area contributed by atoms with Crippen molar-refractivity contribution in [2.75, 3.05) is 24.5 Å². The van der Waals surface area contributed by atoms with Crippen LogP contribution in [0, 0.1) is 5.92 Å². The zero-order valence-corrected chi connectivity index (χ0v) is 11.9. The van der Waals surface area contributed by atoms with Crippen LogP contribution < -0.4 is 10.6 Å². The molecule has 2 N–H and O–H groups in total. The number of hydrogen-bond donors (Lipinski definition) is 1. The molecule has 0 unspecified atom stereocenters. The summed E-state index contributed by atoms with van der Waals surface area (Å²) in [5.41, 5.74) is 6.49. The Morgan fingerprint density at radius 1 is 1.37 bits per heavy atom. The molecule has 6 nitrogen and oxygen atoms in total. The predicted molar refractivity (Wildman–Crippen MR) is 77.0 cm³/mol. The van der Waals surface area contributed by atoms with Crippen LogP contribution in [-0.2, 0) is 7.05 Å². The maximum Gasteiger partial charge on any atom is 0.163 e. The van der Waals surface area contributed by atoms with Gasteiger partial charge in [-0.2, -0.15) is 5.10 Å². The first-order valence-electron chi connectivity index (χ1n) is 6.71. The molecule has 0 aromatic carbocycles. The van der Waals surface area contributed by atoms with Crippen molar-refractivity contribution in [1.82, 2.24) is 19.7 Å². The summed E-state index contributed by atoms with van der Waals surface area (Å²) >= 11 is 0. The quantitative estimate of drug-likeness (QED) is 0.846. The van der Waals surface area contributed by atoms with Gasteiger partial charge in [0, 0.05) is 20.1 Å². The van der Waals surface area contributed by atoms with Crippen molar-refractivity contribution in [2.24, 2.45) is 18.7 Å². The second-order valence-corrected chi connectivity index (χ2v) is 5.18. The van der Waals surface area contributed by atoms with Crippen LogP contribution in [0.4, 0.5) is 5.82 Å². The van der Waals surface area contributed by atoms with Crippen molar-refractivity contribution < 1.29 is 0 Å². The highest BCUT2D eigenvalue weighted by Crippen LogP contribution is 2.23. The van der Waals surface area contributed by atoms with Gasteiger partial charge in [0.25, 0.3) is 0 Å². The smallest absolute Gasteiger partial charge is 0.163 e. The summed E-state index contributed by atoms with van der Waals surface area (Å²) in [5, 5.41) is 5.26. The molecule has 104 valence electrons. The summed E-state index contributed by atoms with van der Waals surface area (Å²) in [5.74, 6) is 1.53. The molecular formula is C13H22N6. The topological polar surface area (TPSA) is 72.9 Å².